The maximum Gasteiger partial charge on any atom is 0.159 e. The van der Waals surface area contributed by atoms with Crippen molar-refractivity contribution < 1.29 is 8.78 Å². The van der Waals surface area contributed by atoms with Crippen LogP contribution in [0.3, 0.4) is 0 Å². The summed E-state index contributed by atoms with van der Waals surface area (Å²) in [6, 6.07) is 14.7. The molecule has 2 aromatic carbocycles. The summed E-state index contributed by atoms with van der Waals surface area (Å²) in [4.78, 5) is 0. The third kappa shape index (κ3) is 2.83. The van der Waals surface area contributed by atoms with E-state index in [1.54, 1.807) is 6.07 Å². The number of benzene rings is 2. The van der Waals surface area contributed by atoms with Gasteiger partial charge >= 0.3 is 0 Å². The van der Waals surface area contributed by atoms with Gasteiger partial charge in [-0.15, -0.1) is 0 Å². The molecule has 0 spiro atoms. The van der Waals surface area contributed by atoms with E-state index in [0.717, 1.165) is 24.8 Å². The fraction of sp³-hybridized carbons (Fsp3) is 0.294. The van der Waals surface area contributed by atoms with E-state index >= 15 is 0 Å². The SMILES string of the molecule is Fc1ccc([C@@H]2CC2CCc2ccccc2)cc1F. The van der Waals surface area contributed by atoms with Crippen LogP contribution in [0.25, 0.3) is 0 Å². The molecule has 19 heavy (non-hydrogen) atoms. The lowest BCUT2D eigenvalue weighted by molar-refractivity contribution is 0.506. The Morgan fingerprint density at radius 1 is 0.947 bits per heavy atom. The Kier molecular flexibility index (Phi) is 3.33. The molecule has 2 aromatic rings. The Morgan fingerprint density at radius 3 is 2.47 bits per heavy atom. The summed E-state index contributed by atoms with van der Waals surface area (Å²) in [6.07, 6.45) is 3.28. The first-order chi connectivity index (χ1) is 9.24. The monoisotopic (exact) mass is 258 g/mol. The number of aryl methyl sites for hydroxylation is 1. The van der Waals surface area contributed by atoms with Crippen LogP contribution in [0.15, 0.2) is 48.5 Å². The molecule has 0 radical (unpaired) electrons. The molecule has 0 saturated heterocycles. The molecule has 0 aliphatic heterocycles. The zero-order valence-corrected chi connectivity index (χ0v) is 10.7. The smallest absolute Gasteiger partial charge is 0.159 e. The Morgan fingerprint density at radius 2 is 1.74 bits per heavy atom. The highest BCUT2D eigenvalue weighted by atomic mass is 19.2. The first-order valence-corrected chi connectivity index (χ1v) is 6.73. The Hall–Kier alpha value is -1.70. The van der Waals surface area contributed by atoms with Crippen LogP contribution in [0, 0.1) is 17.6 Å². The van der Waals surface area contributed by atoms with Crippen molar-refractivity contribution >= 4 is 0 Å². The van der Waals surface area contributed by atoms with Gasteiger partial charge in [0, 0.05) is 0 Å². The van der Waals surface area contributed by atoms with Crippen molar-refractivity contribution in [2.24, 2.45) is 5.92 Å². The molecular weight excluding hydrogens is 242 g/mol. The van der Waals surface area contributed by atoms with E-state index in [1.165, 1.54) is 17.7 Å². The topological polar surface area (TPSA) is 0 Å². The van der Waals surface area contributed by atoms with E-state index in [2.05, 4.69) is 24.3 Å². The highest BCUT2D eigenvalue weighted by Gasteiger charge is 2.37. The van der Waals surface area contributed by atoms with Gasteiger partial charge in [0.2, 0.25) is 0 Å². The van der Waals surface area contributed by atoms with Gasteiger partial charge in [-0.25, -0.2) is 8.78 Å². The van der Waals surface area contributed by atoms with E-state index < -0.39 is 11.6 Å². The van der Waals surface area contributed by atoms with Crippen molar-refractivity contribution in [1.29, 1.82) is 0 Å². The highest BCUT2D eigenvalue weighted by Crippen LogP contribution is 2.50. The molecule has 0 aromatic heterocycles. The van der Waals surface area contributed by atoms with Gasteiger partial charge in [0.1, 0.15) is 0 Å². The maximum absolute atomic E-state index is 13.2. The average molecular weight is 258 g/mol. The summed E-state index contributed by atoms with van der Waals surface area (Å²) in [5.41, 5.74) is 2.29. The number of rotatable bonds is 4. The Labute approximate surface area is 112 Å². The van der Waals surface area contributed by atoms with Gasteiger partial charge < -0.3 is 0 Å². The first kappa shape index (κ1) is 12.3. The molecule has 1 aliphatic rings. The van der Waals surface area contributed by atoms with E-state index in [4.69, 9.17) is 0 Å². The Balaban J connectivity index is 1.57. The Bertz CT molecular complexity index is 563. The van der Waals surface area contributed by atoms with Crippen molar-refractivity contribution in [2.45, 2.75) is 25.2 Å². The average Bonchev–Trinajstić information content (AvgIpc) is 3.20. The summed E-state index contributed by atoms with van der Waals surface area (Å²) < 4.78 is 26.0. The third-order valence-corrected chi connectivity index (χ3v) is 3.94. The molecule has 1 aliphatic carbocycles. The molecule has 0 N–H and O–H groups in total. The molecule has 1 saturated carbocycles. The normalized spacial score (nSPS) is 21.4. The highest BCUT2D eigenvalue weighted by molar-refractivity contribution is 5.27. The lowest BCUT2D eigenvalue weighted by Crippen LogP contribution is -1.91. The lowest BCUT2D eigenvalue weighted by atomic mass is 10.0. The molecule has 0 heterocycles. The van der Waals surface area contributed by atoms with Crippen molar-refractivity contribution in [3.8, 4) is 0 Å². The minimum atomic E-state index is -0.759. The van der Waals surface area contributed by atoms with E-state index in [9.17, 15) is 8.78 Å². The third-order valence-electron chi connectivity index (χ3n) is 3.94. The quantitative estimate of drug-likeness (QED) is 0.745. The van der Waals surface area contributed by atoms with Crippen molar-refractivity contribution in [2.75, 3.05) is 0 Å². The zero-order valence-electron chi connectivity index (χ0n) is 10.7. The fourth-order valence-electron chi connectivity index (χ4n) is 2.71. The second kappa shape index (κ2) is 5.12. The number of hydrogen-bond acceptors (Lipinski definition) is 0. The predicted molar refractivity (Wildman–Crippen MR) is 72.0 cm³/mol. The summed E-state index contributed by atoms with van der Waals surface area (Å²) in [7, 11) is 0. The van der Waals surface area contributed by atoms with Crippen LogP contribution in [0.4, 0.5) is 8.78 Å². The molecule has 0 nitrogen and oxygen atoms in total. The van der Waals surface area contributed by atoms with Crippen LogP contribution in [-0.2, 0) is 6.42 Å². The first-order valence-electron chi connectivity index (χ1n) is 6.73. The zero-order chi connectivity index (χ0) is 13.2. The maximum atomic E-state index is 13.2. The van der Waals surface area contributed by atoms with Gasteiger partial charge in [0.05, 0.1) is 0 Å². The molecule has 2 atom stereocenters. The largest absolute Gasteiger partial charge is 0.204 e. The molecule has 98 valence electrons. The van der Waals surface area contributed by atoms with E-state index in [1.807, 2.05) is 6.07 Å². The van der Waals surface area contributed by atoms with Gasteiger partial charge in [-0.2, -0.15) is 0 Å². The molecule has 0 bridgehead atoms. The van der Waals surface area contributed by atoms with Crippen LogP contribution >= 0.6 is 0 Å². The second-order valence-corrected chi connectivity index (χ2v) is 5.30. The fourth-order valence-corrected chi connectivity index (χ4v) is 2.71. The van der Waals surface area contributed by atoms with E-state index in [-0.39, 0.29) is 0 Å². The van der Waals surface area contributed by atoms with Gasteiger partial charge in [-0.3, -0.25) is 0 Å². The van der Waals surface area contributed by atoms with Gasteiger partial charge in [-0.05, 0) is 54.4 Å². The summed E-state index contributed by atoms with van der Waals surface area (Å²) in [5, 5.41) is 0. The van der Waals surface area contributed by atoms with Gasteiger partial charge in [-0.1, -0.05) is 36.4 Å². The van der Waals surface area contributed by atoms with Crippen molar-refractivity contribution in [3.63, 3.8) is 0 Å². The van der Waals surface area contributed by atoms with Gasteiger partial charge in [0.15, 0.2) is 11.6 Å². The summed E-state index contributed by atoms with van der Waals surface area (Å²) >= 11 is 0. The number of halogens is 2. The van der Waals surface area contributed by atoms with Crippen molar-refractivity contribution in [3.05, 3.63) is 71.3 Å². The van der Waals surface area contributed by atoms with Gasteiger partial charge in [0.25, 0.3) is 0 Å². The molecule has 1 fully saturated rings. The van der Waals surface area contributed by atoms with Crippen LogP contribution in [0.5, 0.6) is 0 Å². The predicted octanol–water partition coefficient (Wildman–Crippen LogP) is 4.70. The summed E-state index contributed by atoms with van der Waals surface area (Å²) in [5.74, 6) is -0.458. The molecule has 1 unspecified atom stereocenters. The summed E-state index contributed by atoms with van der Waals surface area (Å²) in [6.45, 7) is 0. The lowest BCUT2D eigenvalue weighted by Gasteiger charge is -2.02. The van der Waals surface area contributed by atoms with E-state index in [0.29, 0.717) is 11.8 Å². The minimum Gasteiger partial charge on any atom is -0.204 e. The standard InChI is InChI=1S/C17H16F2/c18-16-9-8-14(11-17(16)19)15-10-13(15)7-6-12-4-2-1-3-5-12/h1-5,8-9,11,13,15H,6-7,10H2/t13?,15-/m1/s1. The molecule has 0 amide bonds. The van der Waals surface area contributed by atoms with Crippen LogP contribution in [0.2, 0.25) is 0 Å². The van der Waals surface area contributed by atoms with Crippen LogP contribution < -0.4 is 0 Å². The van der Waals surface area contributed by atoms with Crippen LogP contribution in [0.1, 0.15) is 29.9 Å². The molecule has 2 heteroatoms. The van der Waals surface area contributed by atoms with Crippen molar-refractivity contribution in [1.82, 2.24) is 0 Å². The number of hydrogen-bond donors (Lipinski definition) is 0. The second-order valence-electron chi connectivity index (χ2n) is 5.30. The van der Waals surface area contributed by atoms with Crippen LogP contribution in [-0.4, -0.2) is 0 Å². The molecule has 3 rings (SSSR count). The molecular formula is C17H16F2. The minimum absolute atomic E-state index is 0.416.